The summed E-state index contributed by atoms with van der Waals surface area (Å²) in [6.07, 6.45) is 0. The summed E-state index contributed by atoms with van der Waals surface area (Å²) in [4.78, 5) is 0. The smallest absolute Gasteiger partial charge is 0.124 e. The number of rotatable bonds is 4. The van der Waals surface area contributed by atoms with E-state index < -0.39 is 5.54 Å². The summed E-state index contributed by atoms with van der Waals surface area (Å²) in [5, 5.41) is 13.7. The Balaban J connectivity index is 2.38. The number of aliphatic hydroxyl groups is 1. The van der Waals surface area contributed by atoms with Gasteiger partial charge in [0.25, 0.3) is 0 Å². The molecule has 0 aliphatic carbocycles. The van der Waals surface area contributed by atoms with Crippen LogP contribution in [0.15, 0.2) is 45.3 Å². The molecule has 2 aromatic rings. The van der Waals surface area contributed by atoms with Gasteiger partial charge in [0.2, 0.25) is 0 Å². The lowest BCUT2D eigenvalue weighted by Crippen LogP contribution is -2.36. The molecule has 0 aliphatic heterocycles. The SMILES string of the molecule is CC(CO)(Nc1ccc(Cl)c(Br)c1)c1ccc(F)cc1Br. The Hall–Kier alpha value is -0.620. The lowest BCUT2D eigenvalue weighted by atomic mass is 9.92. The van der Waals surface area contributed by atoms with Gasteiger partial charge in [0.05, 0.1) is 17.2 Å². The number of anilines is 1. The van der Waals surface area contributed by atoms with Crippen LogP contribution in [0, 0.1) is 5.82 Å². The third kappa shape index (κ3) is 3.77. The molecule has 2 rings (SSSR count). The molecule has 0 saturated heterocycles. The average molecular weight is 438 g/mol. The number of benzene rings is 2. The Kier molecular flexibility index (Phi) is 5.30. The lowest BCUT2D eigenvalue weighted by molar-refractivity contribution is 0.223. The summed E-state index contributed by atoms with van der Waals surface area (Å²) in [6.45, 7) is 1.69. The fourth-order valence-corrected chi connectivity index (χ4v) is 3.31. The van der Waals surface area contributed by atoms with Crippen LogP contribution in [-0.4, -0.2) is 11.7 Å². The summed E-state index contributed by atoms with van der Waals surface area (Å²) < 4.78 is 14.6. The maximum Gasteiger partial charge on any atom is 0.124 e. The van der Waals surface area contributed by atoms with Crippen LogP contribution >= 0.6 is 43.5 Å². The molecular weight excluding hydrogens is 424 g/mol. The molecule has 0 spiro atoms. The first-order valence-electron chi connectivity index (χ1n) is 6.15. The fraction of sp³-hybridized carbons (Fsp3) is 0.200. The topological polar surface area (TPSA) is 32.3 Å². The first kappa shape index (κ1) is 16.7. The average Bonchev–Trinajstić information content (AvgIpc) is 2.42. The molecule has 6 heteroatoms. The predicted octanol–water partition coefficient (Wildman–Crippen LogP) is 5.32. The molecule has 0 aliphatic rings. The van der Waals surface area contributed by atoms with E-state index in [2.05, 4.69) is 37.2 Å². The maximum absolute atomic E-state index is 13.2. The zero-order chi connectivity index (χ0) is 15.6. The van der Waals surface area contributed by atoms with Gasteiger partial charge >= 0.3 is 0 Å². The molecule has 0 saturated carbocycles. The molecule has 21 heavy (non-hydrogen) atoms. The largest absolute Gasteiger partial charge is 0.394 e. The van der Waals surface area contributed by atoms with Crippen LogP contribution in [0.25, 0.3) is 0 Å². The first-order valence-corrected chi connectivity index (χ1v) is 8.12. The Morgan fingerprint density at radius 1 is 1.19 bits per heavy atom. The van der Waals surface area contributed by atoms with Crippen molar-refractivity contribution in [2.75, 3.05) is 11.9 Å². The van der Waals surface area contributed by atoms with Crippen molar-refractivity contribution in [1.82, 2.24) is 0 Å². The molecule has 112 valence electrons. The Bertz CT molecular complexity index is 668. The summed E-state index contributed by atoms with van der Waals surface area (Å²) in [7, 11) is 0. The summed E-state index contributed by atoms with van der Waals surface area (Å²) in [5.74, 6) is -0.333. The molecule has 0 amide bonds. The summed E-state index contributed by atoms with van der Waals surface area (Å²) in [5.41, 5.74) is 0.788. The van der Waals surface area contributed by atoms with Gasteiger partial charge < -0.3 is 10.4 Å². The van der Waals surface area contributed by atoms with Crippen molar-refractivity contribution >= 4 is 49.1 Å². The zero-order valence-corrected chi connectivity index (χ0v) is 15.1. The van der Waals surface area contributed by atoms with Crippen molar-refractivity contribution in [3.8, 4) is 0 Å². The minimum atomic E-state index is -0.764. The standard InChI is InChI=1S/C15H13Br2ClFNO/c1-15(8-21,11-4-2-9(19)6-12(11)16)20-10-3-5-14(18)13(17)7-10/h2-7,20-21H,8H2,1H3. The third-order valence-corrected chi connectivity index (χ3v) is 5.05. The Labute approximate surface area is 144 Å². The van der Waals surface area contributed by atoms with Gasteiger partial charge in [0.15, 0.2) is 0 Å². The van der Waals surface area contributed by atoms with Crippen molar-refractivity contribution in [3.05, 3.63) is 61.7 Å². The predicted molar refractivity (Wildman–Crippen MR) is 91.3 cm³/mol. The fourth-order valence-electron chi connectivity index (χ4n) is 2.02. The molecule has 2 nitrogen and oxygen atoms in total. The van der Waals surface area contributed by atoms with E-state index in [0.29, 0.717) is 9.50 Å². The Morgan fingerprint density at radius 3 is 2.48 bits per heavy atom. The zero-order valence-electron chi connectivity index (χ0n) is 11.1. The highest BCUT2D eigenvalue weighted by molar-refractivity contribution is 9.10. The number of hydrogen-bond acceptors (Lipinski definition) is 2. The third-order valence-electron chi connectivity index (χ3n) is 3.18. The number of halogens is 4. The van der Waals surface area contributed by atoms with Gasteiger partial charge in [-0.3, -0.25) is 0 Å². The van der Waals surface area contributed by atoms with Gasteiger partial charge in [-0.2, -0.15) is 0 Å². The Morgan fingerprint density at radius 2 is 1.90 bits per heavy atom. The van der Waals surface area contributed by atoms with Gasteiger partial charge in [-0.15, -0.1) is 0 Å². The molecular formula is C15H13Br2ClFNO. The van der Waals surface area contributed by atoms with Crippen LogP contribution in [0.2, 0.25) is 5.02 Å². The second-order valence-electron chi connectivity index (χ2n) is 4.87. The van der Waals surface area contributed by atoms with E-state index in [1.165, 1.54) is 12.1 Å². The lowest BCUT2D eigenvalue weighted by Gasteiger charge is -2.31. The van der Waals surface area contributed by atoms with E-state index >= 15 is 0 Å². The molecule has 2 N–H and O–H groups in total. The van der Waals surface area contributed by atoms with E-state index in [4.69, 9.17) is 11.6 Å². The van der Waals surface area contributed by atoms with Crippen LogP contribution in [0.3, 0.4) is 0 Å². The van der Waals surface area contributed by atoms with Crippen LogP contribution in [0.4, 0.5) is 10.1 Å². The van der Waals surface area contributed by atoms with Crippen molar-refractivity contribution in [3.63, 3.8) is 0 Å². The van der Waals surface area contributed by atoms with Gasteiger partial charge in [-0.05, 0) is 58.7 Å². The number of aliphatic hydroxyl groups excluding tert-OH is 1. The van der Waals surface area contributed by atoms with Crippen LogP contribution in [-0.2, 0) is 5.54 Å². The number of hydrogen-bond donors (Lipinski definition) is 2. The van der Waals surface area contributed by atoms with E-state index in [0.717, 1.165) is 15.7 Å². The van der Waals surface area contributed by atoms with E-state index in [-0.39, 0.29) is 12.4 Å². The van der Waals surface area contributed by atoms with Crippen LogP contribution in [0.1, 0.15) is 12.5 Å². The van der Waals surface area contributed by atoms with Crippen LogP contribution < -0.4 is 5.32 Å². The molecule has 0 fully saturated rings. The maximum atomic E-state index is 13.2. The van der Waals surface area contributed by atoms with Crippen molar-refractivity contribution in [2.24, 2.45) is 0 Å². The van der Waals surface area contributed by atoms with Crippen molar-refractivity contribution in [1.29, 1.82) is 0 Å². The van der Waals surface area contributed by atoms with Gasteiger partial charge in [0, 0.05) is 14.6 Å². The molecule has 1 atom stereocenters. The van der Waals surface area contributed by atoms with Crippen molar-refractivity contribution in [2.45, 2.75) is 12.5 Å². The summed E-state index contributed by atoms with van der Waals surface area (Å²) in [6, 6.07) is 9.79. The van der Waals surface area contributed by atoms with E-state index in [9.17, 15) is 9.50 Å². The van der Waals surface area contributed by atoms with Crippen molar-refractivity contribution < 1.29 is 9.50 Å². The first-order chi connectivity index (χ1) is 9.85. The van der Waals surface area contributed by atoms with E-state index in [1.54, 1.807) is 12.1 Å². The highest BCUT2D eigenvalue weighted by Crippen LogP contribution is 2.34. The van der Waals surface area contributed by atoms with Gasteiger partial charge in [-0.25, -0.2) is 4.39 Å². The minimum Gasteiger partial charge on any atom is -0.394 e. The number of nitrogens with one attached hydrogen (secondary N) is 1. The molecule has 1 unspecified atom stereocenters. The molecule has 2 aromatic carbocycles. The normalized spacial score (nSPS) is 13.8. The summed E-state index contributed by atoms with van der Waals surface area (Å²) >= 11 is 12.7. The van der Waals surface area contributed by atoms with Gasteiger partial charge in [-0.1, -0.05) is 33.6 Å². The minimum absolute atomic E-state index is 0.155. The quantitative estimate of drug-likeness (QED) is 0.678. The molecule has 0 aromatic heterocycles. The van der Waals surface area contributed by atoms with Crippen LogP contribution in [0.5, 0.6) is 0 Å². The second kappa shape index (κ2) is 6.65. The highest BCUT2D eigenvalue weighted by atomic mass is 79.9. The molecule has 0 heterocycles. The van der Waals surface area contributed by atoms with Gasteiger partial charge in [0.1, 0.15) is 5.82 Å². The second-order valence-corrected chi connectivity index (χ2v) is 6.98. The highest BCUT2D eigenvalue weighted by Gasteiger charge is 2.28. The monoisotopic (exact) mass is 435 g/mol. The molecule has 0 radical (unpaired) electrons. The molecule has 0 bridgehead atoms. The van der Waals surface area contributed by atoms with E-state index in [1.807, 2.05) is 19.1 Å².